The lowest BCUT2D eigenvalue weighted by molar-refractivity contribution is -0.0514. The highest BCUT2D eigenvalue weighted by molar-refractivity contribution is 7.86. The van der Waals surface area contributed by atoms with Crippen molar-refractivity contribution >= 4 is 31.0 Å². The van der Waals surface area contributed by atoms with Crippen LogP contribution >= 0.6 is 0 Å². The highest BCUT2D eigenvalue weighted by Gasteiger charge is 2.45. The first-order valence-electron chi connectivity index (χ1n) is 6.12. The summed E-state index contributed by atoms with van der Waals surface area (Å²) >= 11 is 0. The van der Waals surface area contributed by atoms with Crippen LogP contribution in [0.25, 0.3) is 10.8 Å². The number of phenolic OH excluding ortho intramolecular Hbond substituents is 1. The van der Waals surface area contributed by atoms with Gasteiger partial charge in [0.1, 0.15) is 5.75 Å². The highest BCUT2D eigenvalue weighted by atomic mass is 32.2. The zero-order valence-corrected chi connectivity index (χ0v) is 14.2. The second-order valence-corrected chi connectivity index (χ2v) is 7.17. The van der Waals surface area contributed by atoms with Crippen molar-refractivity contribution in [1.82, 2.24) is 0 Å². The molecule has 0 heterocycles. The van der Waals surface area contributed by atoms with Gasteiger partial charge in [-0.3, -0.25) is 9.11 Å². The normalized spacial score (nSPS) is 12.4. The van der Waals surface area contributed by atoms with Crippen LogP contribution in [-0.2, 0) is 20.2 Å². The summed E-state index contributed by atoms with van der Waals surface area (Å²) in [7, 11) is -11.7. The largest absolute Gasteiger partial charge is 0.522 e. The van der Waals surface area contributed by atoms with Gasteiger partial charge in [-0.2, -0.15) is 43.2 Å². The number of benzene rings is 2. The third-order valence-corrected chi connectivity index (χ3v) is 3.52. The fourth-order valence-electron chi connectivity index (χ4n) is 1.21. The summed E-state index contributed by atoms with van der Waals surface area (Å²) in [6.45, 7) is 0. The number of rotatable bonds is 0. The summed E-state index contributed by atoms with van der Waals surface area (Å²) in [5.41, 5.74) is -11.1. The van der Waals surface area contributed by atoms with Gasteiger partial charge in [0, 0.05) is 5.39 Å². The summed E-state index contributed by atoms with van der Waals surface area (Å²) in [5, 5.41) is 11.4. The Labute approximate surface area is 148 Å². The second-order valence-electron chi connectivity index (χ2n) is 4.34. The molecule has 0 saturated carbocycles. The Morgan fingerprint density at radius 3 is 1.33 bits per heavy atom. The van der Waals surface area contributed by atoms with Gasteiger partial charge in [-0.15, -0.1) is 0 Å². The number of fused-ring (bicyclic) bond motifs is 1. The average molecular weight is 444 g/mol. The van der Waals surface area contributed by atoms with Gasteiger partial charge in [0.05, 0.1) is 0 Å². The average Bonchev–Trinajstić information content (AvgIpc) is 2.45. The predicted molar refractivity (Wildman–Crippen MR) is 80.8 cm³/mol. The molecule has 0 radical (unpaired) electrons. The van der Waals surface area contributed by atoms with E-state index < -0.39 is 31.3 Å². The SMILES string of the molecule is O=S(=O)(O)C(F)(F)F.O=S(=O)(O)C(F)(F)F.Oc1cccc2ccccc12. The van der Waals surface area contributed by atoms with Gasteiger partial charge >= 0.3 is 31.3 Å². The van der Waals surface area contributed by atoms with Gasteiger partial charge in [0.2, 0.25) is 0 Å². The van der Waals surface area contributed by atoms with Crippen molar-refractivity contribution in [2.24, 2.45) is 0 Å². The zero-order chi connectivity index (χ0) is 21.7. The quantitative estimate of drug-likeness (QED) is 0.323. The Morgan fingerprint density at radius 1 is 0.667 bits per heavy atom. The zero-order valence-electron chi connectivity index (χ0n) is 12.6. The van der Waals surface area contributed by atoms with Crippen LogP contribution in [0.3, 0.4) is 0 Å². The molecule has 2 rings (SSSR count). The lowest BCUT2D eigenvalue weighted by atomic mass is 10.1. The molecule has 27 heavy (non-hydrogen) atoms. The maximum atomic E-state index is 10.7. The molecule has 154 valence electrons. The monoisotopic (exact) mass is 444 g/mol. The fraction of sp³-hybridized carbons (Fsp3) is 0.167. The van der Waals surface area contributed by atoms with Crippen molar-refractivity contribution in [3.05, 3.63) is 42.5 Å². The predicted octanol–water partition coefficient (Wildman–Crippen LogP) is 3.33. The van der Waals surface area contributed by atoms with Crippen molar-refractivity contribution in [1.29, 1.82) is 0 Å². The molecular weight excluding hydrogens is 434 g/mol. The van der Waals surface area contributed by atoms with E-state index in [2.05, 4.69) is 0 Å². The minimum Gasteiger partial charge on any atom is -0.507 e. The number of halogens is 6. The topological polar surface area (TPSA) is 129 Å². The van der Waals surface area contributed by atoms with Gasteiger partial charge in [-0.1, -0.05) is 36.4 Å². The first-order chi connectivity index (χ1) is 11.9. The summed E-state index contributed by atoms with van der Waals surface area (Å²) in [5.74, 6) is 0.350. The maximum absolute atomic E-state index is 10.7. The number of phenols is 1. The highest BCUT2D eigenvalue weighted by Crippen LogP contribution is 2.23. The Balaban J connectivity index is 0.000000387. The molecule has 2 aromatic rings. The van der Waals surface area contributed by atoms with E-state index in [-0.39, 0.29) is 0 Å². The Hall–Kier alpha value is -2.10. The molecule has 2 aromatic carbocycles. The number of hydrogen-bond donors (Lipinski definition) is 3. The van der Waals surface area contributed by atoms with E-state index in [1.807, 2.05) is 36.4 Å². The summed E-state index contributed by atoms with van der Waals surface area (Å²) in [6, 6.07) is 13.3. The van der Waals surface area contributed by atoms with Crippen molar-refractivity contribution in [3.8, 4) is 5.75 Å². The van der Waals surface area contributed by atoms with Gasteiger partial charge in [-0.25, -0.2) is 0 Å². The molecule has 0 fully saturated rings. The van der Waals surface area contributed by atoms with E-state index in [0.717, 1.165) is 10.8 Å². The third kappa shape index (κ3) is 8.42. The molecule has 0 aliphatic heterocycles. The molecule has 0 unspecified atom stereocenters. The Morgan fingerprint density at radius 2 is 1.00 bits per heavy atom. The molecule has 0 bridgehead atoms. The standard InChI is InChI=1S/C10H8O.2CHF3O3S/c11-10-7-3-5-8-4-1-2-6-9(8)10;2*2-1(3,4)8(5,6)7/h1-7,11H;2*(H,5,6,7). The lowest BCUT2D eigenvalue weighted by Gasteiger charge is -1.97. The molecule has 0 atom stereocenters. The van der Waals surface area contributed by atoms with E-state index in [1.165, 1.54) is 0 Å². The summed E-state index contributed by atoms with van der Waals surface area (Å²) < 4.78 is 115. The molecular formula is C12H10F6O7S2. The molecule has 0 aliphatic carbocycles. The van der Waals surface area contributed by atoms with Crippen molar-refractivity contribution in [3.63, 3.8) is 0 Å². The van der Waals surface area contributed by atoms with Crippen molar-refractivity contribution < 1.29 is 57.4 Å². The van der Waals surface area contributed by atoms with Crippen molar-refractivity contribution in [2.75, 3.05) is 0 Å². The first-order valence-corrected chi connectivity index (χ1v) is 9.00. The molecule has 0 amide bonds. The summed E-state index contributed by atoms with van der Waals surface area (Å²) in [6.07, 6.45) is 0. The van der Waals surface area contributed by atoms with Crippen LogP contribution in [0.5, 0.6) is 5.75 Å². The number of alkyl halides is 6. The Kier molecular flexibility index (Phi) is 8.05. The third-order valence-electron chi connectivity index (χ3n) is 2.35. The lowest BCUT2D eigenvalue weighted by Crippen LogP contribution is -2.21. The van der Waals surface area contributed by atoms with Gasteiger partial charge in [0.15, 0.2) is 0 Å². The second kappa shape index (κ2) is 8.73. The van der Waals surface area contributed by atoms with E-state index in [1.54, 1.807) is 6.07 Å². The van der Waals surface area contributed by atoms with Crippen LogP contribution in [0, 0.1) is 0 Å². The molecule has 0 aliphatic rings. The molecule has 7 nitrogen and oxygen atoms in total. The van der Waals surface area contributed by atoms with Crippen LogP contribution < -0.4 is 0 Å². The van der Waals surface area contributed by atoms with Crippen LogP contribution in [0.4, 0.5) is 26.3 Å². The molecule has 0 spiro atoms. The van der Waals surface area contributed by atoms with E-state index in [4.69, 9.17) is 25.9 Å². The fourth-order valence-corrected chi connectivity index (χ4v) is 1.21. The minimum absolute atomic E-state index is 0.350. The van der Waals surface area contributed by atoms with Crippen LogP contribution in [0.15, 0.2) is 42.5 Å². The number of aromatic hydroxyl groups is 1. The van der Waals surface area contributed by atoms with Crippen LogP contribution in [-0.4, -0.2) is 42.1 Å². The molecule has 0 aromatic heterocycles. The minimum atomic E-state index is -5.84. The van der Waals surface area contributed by atoms with E-state index in [0.29, 0.717) is 5.75 Å². The van der Waals surface area contributed by atoms with Gasteiger partial charge < -0.3 is 5.11 Å². The van der Waals surface area contributed by atoms with E-state index >= 15 is 0 Å². The van der Waals surface area contributed by atoms with Gasteiger partial charge in [-0.05, 0) is 11.5 Å². The number of hydrogen-bond acceptors (Lipinski definition) is 5. The molecule has 3 N–H and O–H groups in total. The Bertz CT molecular complexity index is 918. The van der Waals surface area contributed by atoms with Crippen LogP contribution in [0.2, 0.25) is 0 Å². The molecule has 0 saturated heterocycles. The van der Waals surface area contributed by atoms with Crippen molar-refractivity contribution in [2.45, 2.75) is 11.0 Å². The molecule has 15 heteroatoms. The van der Waals surface area contributed by atoms with Crippen LogP contribution in [0.1, 0.15) is 0 Å². The smallest absolute Gasteiger partial charge is 0.507 e. The first kappa shape index (κ1) is 24.9. The maximum Gasteiger partial charge on any atom is 0.522 e. The van der Waals surface area contributed by atoms with Gasteiger partial charge in [0.25, 0.3) is 0 Å². The van der Waals surface area contributed by atoms with E-state index in [9.17, 15) is 31.4 Å². The summed E-state index contributed by atoms with van der Waals surface area (Å²) in [4.78, 5) is 0.